The highest BCUT2D eigenvalue weighted by molar-refractivity contribution is 7.89. The highest BCUT2D eigenvalue weighted by Crippen LogP contribution is 2.29. The van der Waals surface area contributed by atoms with Crippen molar-refractivity contribution in [2.24, 2.45) is 0 Å². The number of nitrogens with zero attached hydrogens (tertiary/aromatic N) is 1. The first-order chi connectivity index (χ1) is 9.87. The van der Waals surface area contributed by atoms with Gasteiger partial charge in [-0.3, -0.25) is 0 Å². The smallest absolute Gasteiger partial charge is 0.246 e. The van der Waals surface area contributed by atoms with E-state index in [4.69, 9.17) is 0 Å². The third-order valence-electron chi connectivity index (χ3n) is 4.03. The fourth-order valence-corrected chi connectivity index (χ4v) is 4.60. The quantitative estimate of drug-likeness (QED) is 0.928. The molecule has 0 aromatic heterocycles. The molecule has 1 aromatic carbocycles. The fourth-order valence-electron chi connectivity index (χ4n) is 2.83. The molecule has 1 N–H and O–H groups in total. The normalized spacial score (nSPS) is 22.2. The van der Waals surface area contributed by atoms with Crippen molar-refractivity contribution in [1.82, 2.24) is 4.31 Å². The zero-order valence-corrected chi connectivity index (χ0v) is 13.2. The number of aliphatic hydroxyl groups is 1. The maximum atomic E-state index is 14.0. The lowest BCUT2D eigenvalue weighted by Gasteiger charge is -2.37. The standard InChI is InChI=1S/C15H22FNO3S/c1-3-14(18)13-6-4-5-9-17(13)21(19,20)15-8-7-11(2)10-12(15)16/h7-8,10,13-14,18H,3-6,9H2,1-2H3. The summed E-state index contributed by atoms with van der Waals surface area (Å²) in [6.45, 7) is 3.86. The molecule has 1 fully saturated rings. The number of rotatable bonds is 4. The van der Waals surface area contributed by atoms with Crippen molar-refractivity contribution in [1.29, 1.82) is 0 Å². The molecule has 1 aliphatic rings. The van der Waals surface area contributed by atoms with Crippen molar-refractivity contribution in [2.45, 2.75) is 56.6 Å². The first-order valence-electron chi connectivity index (χ1n) is 7.34. The molecule has 118 valence electrons. The Kier molecular flexibility index (Phi) is 5.01. The number of piperidine rings is 1. The van der Waals surface area contributed by atoms with Crippen LogP contribution in [0.4, 0.5) is 4.39 Å². The van der Waals surface area contributed by atoms with Gasteiger partial charge in [0.05, 0.1) is 12.1 Å². The van der Waals surface area contributed by atoms with Crippen LogP contribution in [0.1, 0.15) is 38.2 Å². The first-order valence-corrected chi connectivity index (χ1v) is 8.78. The van der Waals surface area contributed by atoms with Crippen LogP contribution in [0.3, 0.4) is 0 Å². The van der Waals surface area contributed by atoms with Crippen molar-refractivity contribution in [3.8, 4) is 0 Å². The summed E-state index contributed by atoms with van der Waals surface area (Å²) >= 11 is 0. The Morgan fingerprint density at radius 3 is 2.76 bits per heavy atom. The summed E-state index contributed by atoms with van der Waals surface area (Å²) in [5.41, 5.74) is 0.676. The Bertz CT molecular complexity index is 603. The van der Waals surface area contributed by atoms with Crippen LogP contribution in [-0.4, -0.2) is 36.5 Å². The Balaban J connectivity index is 2.40. The number of sulfonamides is 1. The maximum Gasteiger partial charge on any atom is 0.246 e. The van der Waals surface area contributed by atoms with Gasteiger partial charge >= 0.3 is 0 Å². The molecule has 1 aromatic rings. The molecule has 1 heterocycles. The lowest BCUT2D eigenvalue weighted by molar-refractivity contribution is 0.0666. The van der Waals surface area contributed by atoms with Crippen molar-refractivity contribution in [3.63, 3.8) is 0 Å². The number of hydrogen-bond donors (Lipinski definition) is 1. The van der Waals surface area contributed by atoms with E-state index in [2.05, 4.69) is 0 Å². The van der Waals surface area contributed by atoms with Crippen molar-refractivity contribution >= 4 is 10.0 Å². The minimum Gasteiger partial charge on any atom is -0.391 e. The third kappa shape index (κ3) is 3.27. The van der Waals surface area contributed by atoms with Crippen LogP contribution in [0, 0.1) is 12.7 Å². The summed E-state index contributed by atoms with van der Waals surface area (Å²) in [4.78, 5) is -0.302. The molecule has 0 saturated carbocycles. The monoisotopic (exact) mass is 315 g/mol. The zero-order valence-electron chi connectivity index (χ0n) is 12.4. The molecule has 1 saturated heterocycles. The van der Waals surface area contributed by atoms with Gasteiger partial charge in [0.1, 0.15) is 10.7 Å². The maximum absolute atomic E-state index is 14.0. The van der Waals surface area contributed by atoms with E-state index in [0.717, 1.165) is 12.8 Å². The summed E-state index contributed by atoms with van der Waals surface area (Å²) in [5.74, 6) is -0.731. The SMILES string of the molecule is CCC(O)C1CCCCN1S(=O)(=O)c1ccc(C)cc1F. The topological polar surface area (TPSA) is 57.6 Å². The van der Waals surface area contributed by atoms with Crippen LogP contribution >= 0.6 is 0 Å². The molecule has 2 atom stereocenters. The van der Waals surface area contributed by atoms with Crippen LogP contribution < -0.4 is 0 Å². The Morgan fingerprint density at radius 1 is 1.43 bits per heavy atom. The molecule has 6 heteroatoms. The molecule has 4 nitrogen and oxygen atoms in total. The number of benzene rings is 1. The van der Waals surface area contributed by atoms with Gasteiger partial charge in [-0.25, -0.2) is 12.8 Å². The van der Waals surface area contributed by atoms with Gasteiger partial charge in [-0.15, -0.1) is 0 Å². The average molecular weight is 315 g/mol. The van der Waals surface area contributed by atoms with E-state index in [1.54, 1.807) is 13.0 Å². The predicted octanol–water partition coefficient (Wildman–Crippen LogP) is 2.45. The number of aliphatic hydroxyl groups excluding tert-OH is 1. The lowest BCUT2D eigenvalue weighted by Crippen LogP contribution is -2.49. The molecule has 2 unspecified atom stereocenters. The molecule has 2 rings (SSSR count). The molecule has 1 aliphatic heterocycles. The second-order valence-electron chi connectivity index (χ2n) is 5.59. The minimum absolute atomic E-state index is 0.302. The molecule has 0 amide bonds. The largest absolute Gasteiger partial charge is 0.391 e. The number of hydrogen-bond acceptors (Lipinski definition) is 3. The fraction of sp³-hybridized carbons (Fsp3) is 0.600. The predicted molar refractivity (Wildman–Crippen MR) is 79.0 cm³/mol. The second-order valence-corrected chi connectivity index (χ2v) is 7.45. The van der Waals surface area contributed by atoms with E-state index in [1.807, 2.05) is 6.92 Å². The Labute approximate surface area is 125 Å². The van der Waals surface area contributed by atoms with E-state index < -0.39 is 28.0 Å². The van der Waals surface area contributed by atoms with Crippen LogP contribution in [-0.2, 0) is 10.0 Å². The molecule has 0 spiro atoms. The van der Waals surface area contributed by atoms with E-state index in [0.29, 0.717) is 24.9 Å². The lowest BCUT2D eigenvalue weighted by atomic mass is 9.98. The van der Waals surface area contributed by atoms with E-state index in [9.17, 15) is 17.9 Å². The van der Waals surface area contributed by atoms with Gasteiger partial charge in [0.15, 0.2) is 0 Å². The van der Waals surface area contributed by atoms with E-state index in [-0.39, 0.29) is 4.90 Å². The van der Waals surface area contributed by atoms with E-state index in [1.165, 1.54) is 16.4 Å². The average Bonchev–Trinajstić information content (AvgIpc) is 2.46. The van der Waals surface area contributed by atoms with Crippen LogP contribution in [0.5, 0.6) is 0 Å². The second kappa shape index (κ2) is 6.42. The van der Waals surface area contributed by atoms with Crippen LogP contribution in [0.25, 0.3) is 0 Å². The first kappa shape index (κ1) is 16.4. The molecular formula is C15H22FNO3S. The molecule has 21 heavy (non-hydrogen) atoms. The number of aryl methyl sites for hydroxylation is 1. The van der Waals surface area contributed by atoms with Crippen LogP contribution in [0.2, 0.25) is 0 Å². The zero-order chi connectivity index (χ0) is 15.6. The number of halogens is 1. The van der Waals surface area contributed by atoms with Gasteiger partial charge in [0.2, 0.25) is 10.0 Å². The summed E-state index contributed by atoms with van der Waals surface area (Å²) in [6, 6.07) is 3.66. The van der Waals surface area contributed by atoms with Gasteiger partial charge in [0.25, 0.3) is 0 Å². The van der Waals surface area contributed by atoms with Gasteiger partial charge in [-0.05, 0) is 43.9 Å². The summed E-state index contributed by atoms with van der Waals surface area (Å²) in [5, 5.41) is 10.1. The third-order valence-corrected chi connectivity index (χ3v) is 5.99. The summed E-state index contributed by atoms with van der Waals surface area (Å²) < 4.78 is 40.8. The highest BCUT2D eigenvalue weighted by Gasteiger charge is 2.37. The minimum atomic E-state index is -3.92. The van der Waals surface area contributed by atoms with Crippen molar-refractivity contribution in [3.05, 3.63) is 29.6 Å². The highest BCUT2D eigenvalue weighted by atomic mass is 32.2. The van der Waals surface area contributed by atoms with Gasteiger partial charge in [-0.2, -0.15) is 4.31 Å². The summed E-state index contributed by atoms with van der Waals surface area (Å²) in [6.07, 6.45) is 1.99. The van der Waals surface area contributed by atoms with E-state index >= 15 is 0 Å². The summed E-state index contributed by atoms with van der Waals surface area (Å²) in [7, 11) is -3.92. The van der Waals surface area contributed by atoms with Gasteiger partial charge in [0, 0.05) is 6.54 Å². The molecule has 0 radical (unpaired) electrons. The van der Waals surface area contributed by atoms with Gasteiger partial charge in [-0.1, -0.05) is 19.4 Å². The van der Waals surface area contributed by atoms with Crippen molar-refractivity contribution in [2.75, 3.05) is 6.54 Å². The van der Waals surface area contributed by atoms with Gasteiger partial charge < -0.3 is 5.11 Å². The Hall–Kier alpha value is -0.980. The van der Waals surface area contributed by atoms with Crippen LogP contribution in [0.15, 0.2) is 23.1 Å². The molecule has 0 bridgehead atoms. The van der Waals surface area contributed by atoms with Crippen molar-refractivity contribution < 1.29 is 17.9 Å². The Morgan fingerprint density at radius 2 is 2.14 bits per heavy atom. The molecular weight excluding hydrogens is 293 g/mol. The molecule has 0 aliphatic carbocycles.